The van der Waals surface area contributed by atoms with Crippen LogP contribution in [-0.4, -0.2) is 15.7 Å². The minimum Gasteiger partial charge on any atom is -0.485 e. The van der Waals surface area contributed by atoms with Gasteiger partial charge in [-0.1, -0.05) is 29.8 Å². The van der Waals surface area contributed by atoms with E-state index in [1.54, 1.807) is 29.8 Å². The SMILES string of the molecule is Cc1ccc(C)c(OCc2ccc(C(=O)Nc3c(C)nn(Cc4ccc(F)cc4Cl)c3C)o2)c1. The van der Waals surface area contributed by atoms with Crippen molar-refractivity contribution in [3.8, 4) is 5.75 Å². The van der Waals surface area contributed by atoms with Crippen LogP contribution in [0.1, 0.15) is 44.4 Å². The quantitative estimate of drug-likeness (QED) is 0.332. The molecule has 4 rings (SSSR count). The van der Waals surface area contributed by atoms with Crippen LogP contribution >= 0.6 is 11.6 Å². The van der Waals surface area contributed by atoms with Crippen molar-refractivity contribution in [3.63, 3.8) is 0 Å². The first-order chi connectivity index (χ1) is 16.2. The van der Waals surface area contributed by atoms with Gasteiger partial charge in [0.25, 0.3) is 5.91 Å². The summed E-state index contributed by atoms with van der Waals surface area (Å²) in [4.78, 5) is 12.8. The number of aromatic nitrogens is 2. The Hall–Kier alpha value is -3.58. The average Bonchev–Trinajstić information content (AvgIpc) is 3.37. The highest BCUT2D eigenvalue weighted by molar-refractivity contribution is 6.31. The van der Waals surface area contributed by atoms with Crippen LogP contribution in [0.5, 0.6) is 5.75 Å². The summed E-state index contributed by atoms with van der Waals surface area (Å²) >= 11 is 6.15. The molecule has 176 valence electrons. The first-order valence-electron chi connectivity index (χ1n) is 10.8. The molecule has 0 fully saturated rings. The van der Waals surface area contributed by atoms with E-state index in [1.807, 2.05) is 39.0 Å². The number of anilines is 1. The maximum Gasteiger partial charge on any atom is 0.291 e. The lowest BCUT2D eigenvalue weighted by Gasteiger charge is -2.09. The molecule has 0 aliphatic carbocycles. The van der Waals surface area contributed by atoms with Gasteiger partial charge >= 0.3 is 0 Å². The summed E-state index contributed by atoms with van der Waals surface area (Å²) in [5.74, 6) is 0.715. The molecular weight excluding hydrogens is 457 g/mol. The Kier molecular flexibility index (Phi) is 6.75. The molecule has 0 spiro atoms. The lowest BCUT2D eigenvalue weighted by atomic mass is 10.1. The molecule has 0 saturated carbocycles. The molecule has 2 aromatic heterocycles. The maximum absolute atomic E-state index is 13.3. The van der Waals surface area contributed by atoms with Crippen LogP contribution in [0.3, 0.4) is 0 Å². The average molecular weight is 482 g/mol. The summed E-state index contributed by atoms with van der Waals surface area (Å²) in [5, 5.41) is 7.70. The molecule has 0 unspecified atom stereocenters. The van der Waals surface area contributed by atoms with E-state index < -0.39 is 5.82 Å². The maximum atomic E-state index is 13.3. The van der Waals surface area contributed by atoms with E-state index in [2.05, 4.69) is 10.4 Å². The number of hydrogen-bond acceptors (Lipinski definition) is 4. The van der Waals surface area contributed by atoms with Crippen LogP contribution in [0.15, 0.2) is 52.9 Å². The van der Waals surface area contributed by atoms with Crippen LogP contribution in [0, 0.1) is 33.5 Å². The van der Waals surface area contributed by atoms with E-state index in [-0.39, 0.29) is 18.3 Å². The fraction of sp³-hybridized carbons (Fsp3) is 0.231. The zero-order valence-electron chi connectivity index (χ0n) is 19.4. The number of nitrogens with zero attached hydrogens (tertiary/aromatic N) is 2. The Morgan fingerprint density at radius 3 is 2.68 bits per heavy atom. The summed E-state index contributed by atoms with van der Waals surface area (Å²) in [7, 11) is 0. The predicted molar refractivity (Wildman–Crippen MR) is 129 cm³/mol. The van der Waals surface area contributed by atoms with Crippen molar-refractivity contribution in [2.24, 2.45) is 0 Å². The standard InChI is InChI=1S/C26H25ClFN3O3/c1-15-5-6-16(2)24(11-15)33-14-21-9-10-23(34-21)26(32)29-25-17(3)30-31(18(25)4)13-19-7-8-20(28)12-22(19)27/h5-12H,13-14H2,1-4H3,(H,29,32). The third kappa shape index (κ3) is 5.15. The smallest absolute Gasteiger partial charge is 0.291 e. The molecule has 0 radical (unpaired) electrons. The molecule has 6 nitrogen and oxygen atoms in total. The van der Waals surface area contributed by atoms with Gasteiger partial charge in [0.05, 0.1) is 23.6 Å². The summed E-state index contributed by atoms with van der Waals surface area (Å²) in [5.41, 5.74) is 4.84. The number of nitrogens with one attached hydrogen (secondary N) is 1. The molecule has 8 heteroatoms. The Balaban J connectivity index is 1.44. The van der Waals surface area contributed by atoms with Crippen LogP contribution in [0.2, 0.25) is 5.02 Å². The van der Waals surface area contributed by atoms with Gasteiger partial charge in [0, 0.05) is 5.02 Å². The Morgan fingerprint density at radius 2 is 1.91 bits per heavy atom. The summed E-state index contributed by atoms with van der Waals surface area (Å²) < 4.78 is 26.6. The second-order valence-corrected chi connectivity index (χ2v) is 8.62. The van der Waals surface area contributed by atoms with Gasteiger partial charge in [0.1, 0.15) is 23.9 Å². The third-order valence-corrected chi connectivity index (χ3v) is 5.91. The molecule has 0 atom stereocenters. The number of rotatable bonds is 7. The van der Waals surface area contributed by atoms with Crippen molar-refractivity contribution in [1.29, 1.82) is 0 Å². The molecular formula is C26H25ClFN3O3. The van der Waals surface area contributed by atoms with Gasteiger partial charge in [-0.15, -0.1) is 0 Å². The highest BCUT2D eigenvalue weighted by Crippen LogP contribution is 2.25. The lowest BCUT2D eigenvalue weighted by Crippen LogP contribution is -2.12. The lowest BCUT2D eigenvalue weighted by molar-refractivity contribution is 0.0992. The number of hydrogen-bond donors (Lipinski definition) is 1. The van der Waals surface area contributed by atoms with Crippen LogP contribution in [-0.2, 0) is 13.2 Å². The van der Waals surface area contributed by atoms with Crippen molar-refractivity contribution in [3.05, 3.63) is 99.0 Å². The van der Waals surface area contributed by atoms with Gasteiger partial charge in [-0.3, -0.25) is 9.48 Å². The first-order valence-corrected chi connectivity index (χ1v) is 11.2. The van der Waals surface area contributed by atoms with Gasteiger partial charge in [0.15, 0.2) is 5.76 Å². The minimum absolute atomic E-state index is 0.174. The summed E-state index contributed by atoms with van der Waals surface area (Å²) in [6, 6.07) is 13.6. The largest absolute Gasteiger partial charge is 0.485 e. The van der Waals surface area contributed by atoms with Crippen LogP contribution in [0.25, 0.3) is 0 Å². The summed E-state index contributed by atoms with van der Waals surface area (Å²) in [6.07, 6.45) is 0. The van der Waals surface area contributed by atoms with E-state index in [1.165, 1.54) is 12.1 Å². The number of amides is 1. The molecule has 0 saturated heterocycles. The van der Waals surface area contributed by atoms with Crippen molar-refractivity contribution in [2.75, 3.05) is 5.32 Å². The Labute approximate surface area is 202 Å². The number of ether oxygens (including phenoxy) is 1. The highest BCUT2D eigenvalue weighted by Gasteiger charge is 2.18. The fourth-order valence-electron chi connectivity index (χ4n) is 3.61. The second kappa shape index (κ2) is 9.73. The molecule has 4 aromatic rings. The number of carbonyl (C=O) groups is 1. The number of carbonyl (C=O) groups excluding carboxylic acids is 1. The minimum atomic E-state index is -0.396. The summed E-state index contributed by atoms with van der Waals surface area (Å²) in [6.45, 7) is 8.19. The van der Waals surface area contributed by atoms with Crippen LogP contribution < -0.4 is 10.1 Å². The van der Waals surface area contributed by atoms with Gasteiger partial charge in [0.2, 0.25) is 0 Å². The van der Waals surface area contributed by atoms with Crippen molar-refractivity contribution >= 4 is 23.2 Å². The zero-order chi connectivity index (χ0) is 24.4. The van der Waals surface area contributed by atoms with E-state index in [0.29, 0.717) is 28.7 Å². The predicted octanol–water partition coefficient (Wildman–Crippen LogP) is 6.38. The van der Waals surface area contributed by atoms with E-state index in [9.17, 15) is 9.18 Å². The van der Waals surface area contributed by atoms with E-state index in [4.69, 9.17) is 20.8 Å². The van der Waals surface area contributed by atoms with Gasteiger partial charge in [-0.2, -0.15) is 5.10 Å². The van der Waals surface area contributed by atoms with Crippen molar-refractivity contribution in [2.45, 2.75) is 40.8 Å². The molecule has 0 bridgehead atoms. The zero-order valence-corrected chi connectivity index (χ0v) is 20.2. The Morgan fingerprint density at radius 1 is 1.12 bits per heavy atom. The van der Waals surface area contributed by atoms with Gasteiger partial charge in [-0.05, 0) is 74.7 Å². The molecule has 2 aromatic carbocycles. The number of furan rings is 1. The number of benzene rings is 2. The van der Waals surface area contributed by atoms with Crippen molar-refractivity contribution in [1.82, 2.24) is 9.78 Å². The number of aryl methyl sites for hydroxylation is 3. The second-order valence-electron chi connectivity index (χ2n) is 8.22. The molecule has 1 N–H and O–H groups in total. The van der Waals surface area contributed by atoms with E-state index in [0.717, 1.165) is 28.1 Å². The molecule has 1 amide bonds. The monoisotopic (exact) mass is 481 g/mol. The third-order valence-electron chi connectivity index (χ3n) is 5.55. The first kappa shape index (κ1) is 23.6. The topological polar surface area (TPSA) is 69.3 Å². The van der Waals surface area contributed by atoms with Gasteiger partial charge < -0.3 is 14.5 Å². The Bertz CT molecular complexity index is 1360. The highest BCUT2D eigenvalue weighted by atomic mass is 35.5. The van der Waals surface area contributed by atoms with Crippen LogP contribution in [0.4, 0.5) is 10.1 Å². The molecule has 34 heavy (non-hydrogen) atoms. The van der Waals surface area contributed by atoms with Crippen molar-refractivity contribution < 1.29 is 18.3 Å². The molecule has 0 aliphatic rings. The van der Waals surface area contributed by atoms with Gasteiger partial charge in [-0.25, -0.2) is 4.39 Å². The molecule has 2 heterocycles. The molecule has 0 aliphatic heterocycles. The van der Waals surface area contributed by atoms with E-state index >= 15 is 0 Å². The fourth-order valence-corrected chi connectivity index (χ4v) is 3.83. The number of halogens is 2. The normalized spacial score (nSPS) is 11.0.